The molecule has 0 spiro atoms. The van der Waals surface area contributed by atoms with Gasteiger partial charge >= 0.3 is 0 Å². The SMILES string of the molecule is N#Cc1cc(C=CC=O)ccc1Cl. The maximum atomic E-state index is 10.0. The minimum absolute atomic E-state index is 0.412. The van der Waals surface area contributed by atoms with Crippen LogP contribution in [0.15, 0.2) is 24.3 Å². The molecule has 0 heterocycles. The Labute approximate surface area is 81.1 Å². The first-order chi connectivity index (χ1) is 6.27. The van der Waals surface area contributed by atoms with Gasteiger partial charge in [-0.05, 0) is 23.8 Å². The number of allylic oxidation sites excluding steroid dienone is 1. The van der Waals surface area contributed by atoms with Gasteiger partial charge in [-0.25, -0.2) is 0 Å². The van der Waals surface area contributed by atoms with Crippen LogP contribution in [0.25, 0.3) is 6.08 Å². The van der Waals surface area contributed by atoms with E-state index in [1.807, 2.05) is 6.07 Å². The zero-order valence-corrected chi connectivity index (χ0v) is 7.45. The number of carbonyl (C=O) groups is 1. The number of aldehydes is 1. The Morgan fingerprint density at radius 1 is 1.46 bits per heavy atom. The van der Waals surface area contributed by atoms with Gasteiger partial charge in [-0.15, -0.1) is 0 Å². The first-order valence-electron chi connectivity index (χ1n) is 3.59. The van der Waals surface area contributed by atoms with Gasteiger partial charge in [0.15, 0.2) is 0 Å². The van der Waals surface area contributed by atoms with E-state index in [2.05, 4.69) is 0 Å². The number of hydrogen-bond donors (Lipinski definition) is 0. The summed E-state index contributed by atoms with van der Waals surface area (Å²) >= 11 is 5.71. The Morgan fingerprint density at radius 3 is 2.85 bits per heavy atom. The summed E-state index contributed by atoms with van der Waals surface area (Å²) in [5.74, 6) is 0. The van der Waals surface area contributed by atoms with Crippen LogP contribution in [0.4, 0.5) is 0 Å². The van der Waals surface area contributed by atoms with Gasteiger partial charge < -0.3 is 0 Å². The van der Waals surface area contributed by atoms with Crippen LogP contribution in [-0.2, 0) is 4.79 Å². The zero-order chi connectivity index (χ0) is 9.68. The standard InChI is InChI=1S/C10H6ClNO/c11-10-4-3-8(2-1-5-13)6-9(10)7-12/h1-6H. The lowest BCUT2D eigenvalue weighted by Crippen LogP contribution is -1.79. The van der Waals surface area contributed by atoms with E-state index in [4.69, 9.17) is 16.9 Å². The van der Waals surface area contributed by atoms with Crippen LogP contribution in [0.3, 0.4) is 0 Å². The molecule has 13 heavy (non-hydrogen) atoms. The van der Waals surface area contributed by atoms with Crippen molar-refractivity contribution in [3.8, 4) is 6.07 Å². The summed E-state index contributed by atoms with van der Waals surface area (Å²) in [4.78, 5) is 10.0. The quantitative estimate of drug-likeness (QED) is 0.532. The smallest absolute Gasteiger partial charge is 0.142 e. The van der Waals surface area contributed by atoms with Crippen molar-refractivity contribution in [2.45, 2.75) is 0 Å². The second-order valence-electron chi connectivity index (χ2n) is 2.35. The third-order valence-corrected chi connectivity index (χ3v) is 1.81. The van der Waals surface area contributed by atoms with Gasteiger partial charge in [0.2, 0.25) is 0 Å². The van der Waals surface area contributed by atoms with E-state index in [9.17, 15) is 4.79 Å². The molecule has 0 aliphatic rings. The molecule has 1 aromatic rings. The van der Waals surface area contributed by atoms with Crippen LogP contribution in [0.1, 0.15) is 11.1 Å². The van der Waals surface area contributed by atoms with Crippen LogP contribution in [0, 0.1) is 11.3 Å². The van der Waals surface area contributed by atoms with Gasteiger partial charge in [-0.3, -0.25) is 4.79 Å². The highest BCUT2D eigenvalue weighted by Crippen LogP contribution is 2.17. The van der Waals surface area contributed by atoms with Crippen molar-refractivity contribution in [2.75, 3.05) is 0 Å². The molecular weight excluding hydrogens is 186 g/mol. The molecule has 0 N–H and O–H groups in total. The summed E-state index contributed by atoms with van der Waals surface area (Å²) in [6.07, 6.45) is 3.66. The molecule has 0 aliphatic carbocycles. The lowest BCUT2D eigenvalue weighted by atomic mass is 10.1. The molecule has 1 rings (SSSR count). The molecule has 0 bridgehead atoms. The molecule has 0 unspecified atom stereocenters. The number of rotatable bonds is 2. The molecular formula is C10H6ClNO. The lowest BCUT2D eigenvalue weighted by Gasteiger charge is -1.95. The highest BCUT2D eigenvalue weighted by atomic mass is 35.5. The summed E-state index contributed by atoms with van der Waals surface area (Å²) in [5.41, 5.74) is 1.20. The lowest BCUT2D eigenvalue weighted by molar-refractivity contribution is -0.104. The maximum Gasteiger partial charge on any atom is 0.142 e. The van der Waals surface area contributed by atoms with Crippen LogP contribution < -0.4 is 0 Å². The Bertz CT molecular complexity index is 390. The molecule has 0 atom stereocenters. The maximum absolute atomic E-state index is 10.0. The van der Waals surface area contributed by atoms with Crippen LogP contribution in [0.2, 0.25) is 5.02 Å². The molecule has 0 saturated carbocycles. The number of nitriles is 1. The molecule has 0 amide bonds. The van der Waals surface area contributed by atoms with E-state index in [1.54, 1.807) is 24.3 Å². The minimum Gasteiger partial charge on any atom is -0.299 e. The molecule has 1 aromatic carbocycles. The molecule has 2 nitrogen and oxygen atoms in total. The van der Waals surface area contributed by atoms with E-state index in [0.717, 1.165) is 5.56 Å². The highest BCUT2D eigenvalue weighted by Gasteiger charge is 1.98. The molecule has 0 aromatic heterocycles. The normalized spacial score (nSPS) is 9.85. The van der Waals surface area contributed by atoms with Crippen molar-refractivity contribution >= 4 is 24.0 Å². The topological polar surface area (TPSA) is 40.9 Å². The van der Waals surface area contributed by atoms with Gasteiger partial charge in [0, 0.05) is 0 Å². The fraction of sp³-hybridized carbons (Fsp3) is 0. The second-order valence-corrected chi connectivity index (χ2v) is 2.75. The van der Waals surface area contributed by atoms with E-state index in [-0.39, 0.29) is 0 Å². The Kier molecular flexibility index (Phi) is 3.24. The first kappa shape index (κ1) is 9.50. The van der Waals surface area contributed by atoms with Crippen molar-refractivity contribution in [1.82, 2.24) is 0 Å². The average molecular weight is 192 g/mol. The summed E-state index contributed by atoms with van der Waals surface area (Å²) in [6.45, 7) is 0. The third kappa shape index (κ3) is 2.43. The van der Waals surface area contributed by atoms with Crippen molar-refractivity contribution in [3.05, 3.63) is 40.4 Å². The van der Waals surface area contributed by atoms with Crippen molar-refractivity contribution in [1.29, 1.82) is 5.26 Å². The van der Waals surface area contributed by atoms with Gasteiger partial charge in [0.1, 0.15) is 12.4 Å². The number of benzene rings is 1. The van der Waals surface area contributed by atoms with E-state index >= 15 is 0 Å². The summed E-state index contributed by atoms with van der Waals surface area (Å²) in [7, 11) is 0. The van der Waals surface area contributed by atoms with E-state index < -0.39 is 0 Å². The molecule has 3 heteroatoms. The Morgan fingerprint density at radius 2 is 2.23 bits per heavy atom. The largest absolute Gasteiger partial charge is 0.299 e. The monoisotopic (exact) mass is 191 g/mol. The zero-order valence-electron chi connectivity index (χ0n) is 6.70. The number of nitrogens with zero attached hydrogens (tertiary/aromatic N) is 1. The van der Waals surface area contributed by atoms with Gasteiger partial charge in [0.25, 0.3) is 0 Å². The molecule has 0 fully saturated rings. The van der Waals surface area contributed by atoms with E-state index in [0.29, 0.717) is 16.9 Å². The summed E-state index contributed by atoms with van der Waals surface area (Å²) < 4.78 is 0. The molecule has 64 valence electrons. The third-order valence-electron chi connectivity index (χ3n) is 1.48. The van der Waals surface area contributed by atoms with E-state index in [1.165, 1.54) is 6.08 Å². The fourth-order valence-electron chi connectivity index (χ4n) is 0.883. The minimum atomic E-state index is 0.412. The van der Waals surface area contributed by atoms with Gasteiger partial charge in [-0.2, -0.15) is 5.26 Å². The second kappa shape index (κ2) is 4.44. The Balaban J connectivity index is 3.08. The van der Waals surface area contributed by atoms with Crippen molar-refractivity contribution in [2.24, 2.45) is 0 Å². The first-order valence-corrected chi connectivity index (χ1v) is 3.97. The predicted molar refractivity (Wildman–Crippen MR) is 51.3 cm³/mol. The molecule has 0 radical (unpaired) electrons. The number of halogens is 1. The van der Waals surface area contributed by atoms with Crippen LogP contribution in [-0.4, -0.2) is 6.29 Å². The average Bonchev–Trinajstić information content (AvgIpc) is 2.16. The Hall–Kier alpha value is -1.59. The molecule has 0 saturated heterocycles. The van der Waals surface area contributed by atoms with Crippen LogP contribution in [0.5, 0.6) is 0 Å². The summed E-state index contributed by atoms with van der Waals surface area (Å²) in [5, 5.41) is 9.06. The van der Waals surface area contributed by atoms with Crippen molar-refractivity contribution < 1.29 is 4.79 Å². The fourth-order valence-corrected chi connectivity index (χ4v) is 1.04. The summed E-state index contributed by atoms with van der Waals surface area (Å²) in [6, 6.07) is 6.95. The number of carbonyl (C=O) groups excluding carboxylic acids is 1. The predicted octanol–water partition coefficient (Wildman–Crippen LogP) is 2.42. The van der Waals surface area contributed by atoms with Gasteiger partial charge in [-0.1, -0.05) is 23.7 Å². The number of hydrogen-bond acceptors (Lipinski definition) is 2. The van der Waals surface area contributed by atoms with Crippen molar-refractivity contribution in [3.63, 3.8) is 0 Å². The van der Waals surface area contributed by atoms with Crippen LogP contribution >= 0.6 is 11.6 Å². The highest BCUT2D eigenvalue weighted by molar-refractivity contribution is 6.31. The van der Waals surface area contributed by atoms with Gasteiger partial charge in [0.05, 0.1) is 10.6 Å². The molecule has 0 aliphatic heterocycles.